The van der Waals surface area contributed by atoms with Crippen molar-refractivity contribution in [3.8, 4) is 5.75 Å². The van der Waals surface area contributed by atoms with Crippen molar-refractivity contribution in [1.82, 2.24) is 4.90 Å². The first-order valence-corrected chi connectivity index (χ1v) is 5.94. The summed E-state index contributed by atoms with van der Waals surface area (Å²) < 4.78 is 18.1. The zero-order valence-corrected chi connectivity index (χ0v) is 10.4. The van der Waals surface area contributed by atoms with E-state index in [2.05, 4.69) is 0 Å². The molecule has 0 spiro atoms. The number of hydrogen-bond acceptors (Lipinski definition) is 3. The van der Waals surface area contributed by atoms with Crippen LogP contribution in [0.25, 0.3) is 0 Å². The molecular weight excluding hydrogens is 237 g/mol. The van der Waals surface area contributed by atoms with Crippen molar-refractivity contribution in [3.63, 3.8) is 0 Å². The number of aliphatic carboxylic acids is 1. The first kappa shape index (κ1) is 14.4. The fourth-order valence-corrected chi connectivity index (χ4v) is 1.51. The number of likely N-dealkylation sites (N-methyl/N-ethyl adjacent to an activating group) is 1. The molecule has 0 fully saturated rings. The van der Waals surface area contributed by atoms with Gasteiger partial charge >= 0.3 is 5.97 Å². The fourth-order valence-electron chi connectivity index (χ4n) is 1.51. The van der Waals surface area contributed by atoms with Gasteiger partial charge in [0.25, 0.3) is 0 Å². The van der Waals surface area contributed by atoms with Crippen LogP contribution in [-0.2, 0) is 4.79 Å². The third-order valence-electron chi connectivity index (χ3n) is 2.58. The van der Waals surface area contributed by atoms with Crippen molar-refractivity contribution < 1.29 is 19.0 Å². The second-order valence-corrected chi connectivity index (χ2v) is 3.88. The smallest absolute Gasteiger partial charge is 0.304 e. The molecule has 4 nitrogen and oxygen atoms in total. The molecule has 0 atom stereocenters. The summed E-state index contributed by atoms with van der Waals surface area (Å²) >= 11 is 0. The molecule has 0 heterocycles. The molecule has 1 aromatic carbocycles. The molecule has 0 aliphatic rings. The van der Waals surface area contributed by atoms with E-state index in [1.807, 2.05) is 11.8 Å². The van der Waals surface area contributed by atoms with Crippen molar-refractivity contribution >= 4 is 5.97 Å². The maximum Gasteiger partial charge on any atom is 0.304 e. The SMILES string of the molecule is CCN(CCOc1ccc(F)cc1)CCC(=O)O. The highest BCUT2D eigenvalue weighted by molar-refractivity contribution is 5.66. The Balaban J connectivity index is 2.26. The zero-order chi connectivity index (χ0) is 13.4. The number of rotatable bonds is 8. The van der Waals surface area contributed by atoms with Crippen LogP contribution in [-0.4, -0.2) is 42.2 Å². The molecule has 18 heavy (non-hydrogen) atoms. The molecule has 0 amide bonds. The van der Waals surface area contributed by atoms with E-state index < -0.39 is 5.97 Å². The van der Waals surface area contributed by atoms with Gasteiger partial charge in [-0.3, -0.25) is 9.69 Å². The Hall–Kier alpha value is -1.62. The molecule has 100 valence electrons. The van der Waals surface area contributed by atoms with Gasteiger partial charge in [-0.2, -0.15) is 0 Å². The van der Waals surface area contributed by atoms with E-state index in [1.54, 1.807) is 12.1 Å². The second-order valence-electron chi connectivity index (χ2n) is 3.88. The maximum absolute atomic E-state index is 12.6. The highest BCUT2D eigenvalue weighted by atomic mass is 19.1. The van der Waals surface area contributed by atoms with Crippen LogP contribution in [0.5, 0.6) is 5.75 Å². The average molecular weight is 255 g/mol. The Morgan fingerprint density at radius 3 is 2.56 bits per heavy atom. The number of hydrogen-bond donors (Lipinski definition) is 1. The van der Waals surface area contributed by atoms with Gasteiger partial charge in [-0.05, 0) is 30.8 Å². The fraction of sp³-hybridized carbons (Fsp3) is 0.462. The lowest BCUT2D eigenvalue weighted by atomic mass is 10.3. The Kier molecular flexibility index (Phi) is 6.14. The standard InChI is InChI=1S/C13H18FNO3/c1-2-15(8-7-13(16)17)9-10-18-12-5-3-11(14)4-6-12/h3-6H,2,7-10H2,1H3,(H,16,17). The Labute approximate surface area is 106 Å². The minimum atomic E-state index is -0.798. The van der Waals surface area contributed by atoms with Crippen molar-refractivity contribution in [2.24, 2.45) is 0 Å². The highest BCUT2D eigenvalue weighted by Gasteiger charge is 2.05. The lowest BCUT2D eigenvalue weighted by Gasteiger charge is -2.19. The van der Waals surface area contributed by atoms with Crippen LogP contribution in [0.1, 0.15) is 13.3 Å². The lowest BCUT2D eigenvalue weighted by molar-refractivity contribution is -0.137. The Bertz CT molecular complexity index is 367. The van der Waals surface area contributed by atoms with Gasteiger partial charge in [0, 0.05) is 13.1 Å². The number of carbonyl (C=O) groups is 1. The summed E-state index contributed by atoms with van der Waals surface area (Å²) in [7, 11) is 0. The van der Waals surface area contributed by atoms with Crippen molar-refractivity contribution in [2.45, 2.75) is 13.3 Å². The zero-order valence-electron chi connectivity index (χ0n) is 10.4. The summed E-state index contributed by atoms with van der Waals surface area (Å²) in [4.78, 5) is 12.5. The normalized spacial score (nSPS) is 10.6. The predicted molar refractivity (Wildman–Crippen MR) is 66.3 cm³/mol. The monoisotopic (exact) mass is 255 g/mol. The summed E-state index contributed by atoms with van der Waals surface area (Å²) in [5.74, 6) is -0.474. The number of carboxylic acid groups (broad SMARTS) is 1. The molecular formula is C13H18FNO3. The molecule has 0 bridgehead atoms. The van der Waals surface area contributed by atoms with Gasteiger partial charge in [0.15, 0.2) is 0 Å². The van der Waals surface area contributed by atoms with Crippen LogP contribution >= 0.6 is 0 Å². The van der Waals surface area contributed by atoms with E-state index >= 15 is 0 Å². The molecule has 0 aliphatic heterocycles. The molecule has 0 unspecified atom stereocenters. The molecule has 0 aromatic heterocycles. The summed E-state index contributed by atoms with van der Waals surface area (Å²) in [5.41, 5.74) is 0. The third kappa shape index (κ3) is 5.63. The van der Waals surface area contributed by atoms with E-state index in [1.165, 1.54) is 12.1 Å². The third-order valence-corrected chi connectivity index (χ3v) is 2.58. The van der Waals surface area contributed by atoms with E-state index in [0.717, 1.165) is 6.54 Å². The summed E-state index contributed by atoms with van der Waals surface area (Å²) in [6.07, 6.45) is 0.129. The molecule has 1 N–H and O–H groups in total. The first-order valence-electron chi connectivity index (χ1n) is 5.94. The first-order chi connectivity index (χ1) is 8.61. The van der Waals surface area contributed by atoms with Crippen LogP contribution in [0.3, 0.4) is 0 Å². The Morgan fingerprint density at radius 1 is 1.33 bits per heavy atom. The van der Waals surface area contributed by atoms with Gasteiger partial charge in [-0.25, -0.2) is 4.39 Å². The van der Waals surface area contributed by atoms with Gasteiger partial charge in [-0.1, -0.05) is 6.92 Å². The molecule has 5 heteroatoms. The van der Waals surface area contributed by atoms with Crippen LogP contribution in [0.2, 0.25) is 0 Å². The molecule has 0 saturated carbocycles. The second kappa shape index (κ2) is 7.66. The Morgan fingerprint density at radius 2 is 2.00 bits per heavy atom. The molecule has 0 radical (unpaired) electrons. The van der Waals surface area contributed by atoms with Gasteiger partial charge in [-0.15, -0.1) is 0 Å². The highest BCUT2D eigenvalue weighted by Crippen LogP contribution is 2.10. The number of carboxylic acids is 1. The van der Waals surface area contributed by atoms with Crippen molar-refractivity contribution in [3.05, 3.63) is 30.1 Å². The van der Waals surface area contributed by atoms with Gasteiger partial charge in [0.05, 0.1) is 6.42 Å². The van der Waals surface area contributed by atoms with Gasteiger partial charge in [0.2, 0.25) is 0 Å². The predicted octanol–water partition coefficient (Wildman–Crippen LogP) is 2.00. The van der Waals surface area contributed by atoms with Crippen LogP contribution in [0.4, 0.5) is 4.39 Å². The lowest BCUT2D eigenvalue weighted by Crippen LogP contribution is -2.30. The van der Waals surface area contributed by atoms with Crippen LogP contribution in [0.15, 0.2) is 24.3 Å². The molecule has 1 rings (SSSR count). The molecule has 1 aromatic rings. The molecule has 0 saturated heterocycles. The van der Waals surface area contributed by atoms with Crippen molar-refractivity contribution in [1.29, 1.82) is 0 Å². The van der Waals surface area contributed by atoms with E-state index in [9.17, 15) is 9.18 Å². The summed E-state index contributed by atoms with van der Waals surface area (Å²) in [6.45, 7) is 4.37. The molecule has 0 aliphatic carbocycles. The van der Waals surface area contributed by atoms with Crippen molar-refractivity contribution in [2.75, 3.05) is 26.2 Å². The van der Waals surface area contributed by atoms with E-state index in [0.29, 0.717) is 25.4 Å². The quantitative estimate of drug-likeness (QED) is 0.772. The minimum absolute atomic E-state index is 0.129. The average Bonchev–Trinajstić information content (AvgIpc) is 2.35. The van der Waals surface area contributed by atoms with Crippen LogP contribution < -0.4 is 4.74 Å². The summed E-state index contributed by atoms with van der Waals surface area (Å²) in [5, 5.41) is 8.59. The number of halogens is 1. The van der Waals surface area contributed by atoms with E-state index in [4.69, 9.17) is 9.84 Å². The summed E-state index contributed by atoms with van der Waals surface area (Å²) in [6, 6.07) is 5.83. The van der Waals surface area contributed by atoms with E-state index in [-0.39, 0.29) is 12.2 Å². The topological polar surface area (TPSA) is 49.8 Å². The minimum Gasteiger partial charge on any atom is -0.492 e. The van der Waals surface area contributed by atoms with Crippen LogP contribution in [0, 0.1) is 5.82 Å². The number of ether oxygens (including phenoxy) is 1. The number of nitrogens with zero attached hydrogens (tertiary/aromatic N) is 1. The van der Waals surface area contributed by atoms with Gasteiger partial charge in [0.1, 0.15) is 18.2 Å². The number of benzene rings is 1. The largest absolute Gasteiger partial charge is 0.492 e. The van der Waals surface area contributed by atoms with Gasteiger partial charge < -0.3 is 9.84 Å². The maximum atomic E-state index is 12.6.